The lowest BCUT2D eigenvalue weighted by Gasteiger charge is -2.35. The molecule has 1 aromatic carbocycles. The van der Waals surface area contributed by atoms with E-state index in [4.69, 9.17) is 52.1 Å². The van der Waals surface area contributed by atoms with Gasteiger partial charge in [0.15, 0.2) is 0 Å². The predicted octanol–water partition coefficient (Wildman–Crippen LogP) is 3.90. The van der Waals surface area contributed by atoms with Crippen LogP contribution in [0.1, 0.15) is 5.56 Å². The highest BCUT2D eigenvalue weighted by Crippen LogP contribution is 2.28. The molecule has 0 saturated carbocycles. The Balaban J connectivity index is 3.50. The Hall–Kier alpha value is -8.60. The number of rotatable bonds is 34. The Labute approximate surface area is 408 Å². The summed E-state index contributed by atoms with van der Waals surface area (Å²) in [7, 11) is 0. The quantitative estimate of drug-likeness (QED) is 0.0562. The summed E-state index contributed by atoms with van der Waals surface area (Å²) >= 11 is 0. The molecule has 384 valence electrons. The van der Waals surface area contributed by atoms with E-state index < -0.39 is 155 Å². The Kier molecular flexibility index (Phi) is 26.8. The lowest BCUT2D eigenvalue weighted by molar-refractivity contribution is -0.167. The van der Waals surface area contributed by atoms with Crippen molar-refractivity contribution in [3.63, 3.8) is 0 Å². The first kappa shape index (κ1) is 60.4. The van der Waals surface area contributed by atoms with Crippen LogP contribution in [-0.4, -0.2) is 139 Å². The molecule has 2 N–H and O–H groups in total. The normalized spacial score (nSPS) is 10.7. The molecule has 0 aliphatic rings. The van der Waals surface area contributed by atoms with Gasteiger partial charge in [-0.25, -0.2) is 47.9 Å². The van der Waals surface area contributed by atoms with E-state index in [2.05, 4.69) is 63.3 Å². The minimum atomic E-state index is -1.75. The van der Waals surface area contributed by atoms with Crippen LogP contribution in [0.5, 0.6) is 0 Å². The third kappa shape index (κ3) is 23.3. The van der Waals surface area contributed by atoms with E-state index in [1.165, 1.54) is 18.2 Å². The van der Waals surface area contributed by atoms with Gasteiger partial charge in [0.25, 0.3) is 0 Å². The van der Waals surface area contributed by atoms with Crippen LogP contribution in [-0.2, 0) is 90.5 Å². The van der Waals surface area contributed by atoms with Crippen molar-refractivity contribution in [3.8, 4) is 0 Å². The van der Waals surface area contributed by atoms with Crippen LogP contribution >= 0.6 is 0 Å². The second kappa shape index (κ2) is 31.4. The molecule has 0 atom stereocenters. The molecule has 0 unspecified atom stereocenters. The number of anilines is 2. The average Bonchev–Trinajstić information content (AvgIpc) is 3.38. The van der Waals surface area contributed by atoms with Gasteiger partial charge in [-0.2, -0.15) is 0 Å². The van der Waals surface area contributed by atoms with E-state index in [-0.39, 0.29) is 11.4 Å². The molecule has 2 amide bonds. The summed E-state index contributed by atoms with van der Waals surface area (Å²) in [5, 5.41) is 4.94. The number of amides is 2. The van der Waals surface area contributed by atoms with Crippen molar-refractivity contribution >= 4 is 71.3 Å². The Morgan fingerprint density at radius 3 is 0.887 bits per heavy atom. The Bertz CT molecular complexity index is 2050. The number of hydrogen-bond donors (Lipinski definition) is 2. The van der Waals surface area contributed by atoms with Crippen molar-refractivity contribution in [1.82, 2.24) is 0 Å². The molecule has 1 rings (SSSR count). The lowest BCUT2D eigenvalue weighted by Crippen LogP contribution is -2.47. The van der Waals surface area contributed by atoms with Gasteiger partial charge in [-0.1, -0.05) is 58.7 Å². The molecule has 0 aliphatic carbocycles. The fraction of sp³-hybridized carbons (Fsp3) is 0.333. The van der Waals surface area contributed by atoms with Gasteiger partial charge in [0, 0.05) is 60.0 Å². The van der Waals surface area contributed by atoms with E-state index >= 15 is 0 Å². The molecule has 0 aliphatic heterocycles. The fourth-order valence-corrected chi connectivity index (χ4v) is 5.07. The number of benzene rings is 1. The van der Waals surface area contributed by atoms with Gasteiger partial charge in [0.2, 0.25) is 0 Å². The smallest absolute Gasteiger partial charge is 0.411 e. The molecule has 23 heteroatoms. The molecule has 0 heterocycles. The highest BCUT2D eigenvalue weighted by Gasteiger charge is 2.41. The van der Waals surface area contributed by atoms with Crippen LogP contribution in [0.3, 0.4) is 0 Å². The molecule has 23 nitrogen and oxygen atoms in total. The van der Waals surface area contributed by atoms with Crippen LogP contribution in [0.25, 0.3) is 0 Å². The monoisotopic (exact) mass is 996 g/mol. The minimum absolute atomic E-state index is 0.0472. The number of carbonyl (C=O) groups excluding carboxylic acids is 10. The summed E-state index contributed by atoms with van der Waals surface area (Å²) in [6, 6.07) is 4.23. The van der Waals surface area contributed by atoms with Gasteiger partial charge in [0.05, 0.1) is 24.0 Å². The summed E-state index contributed by atoms with van der Waals surface area (Å²) in [5.41, 5.74) is -4.47. The molecule has 0 spiro atoms. The van der Waals surface area contributed by atoms with Crippen LogP contribution < -0.4 is 10.6 Å². The highest BCUT2D eigenvalue weighted by molar-refractivity contribution is 5.90. The van der Waals surface area contributed by atoms with Gasteiger partial charge >= 0.3 is 59.9 Å². The van der Waals surface area contributed by atoms with Crippen molar-refractivity contribution in [2.24, 2.45) is 16.2 Å². The first-order valence-corrected chi connectivity index (χ1v) is 20.6. The topological polar surface area (TPSA) is 296 Å². The SMILES string of the molecule is C=CC(=O)OCC(COCC(COC(=O)C=C)(COC(=O)C=C)COC(=O)Nc1cc(NC(=O)OCC(COC(=O)C=C)(COC(=O)C=C)COC(=O)C=C)ccc1C)(COC(=O)C=C)COC(=O)C=C. The Morgan fingerprint density at radius 2 is 0.620 bits per heavy atom. The zero-order valence-electron chi connectivity index (χ0n) is 39.1. The summed E-state index contributed by atoms with van der Waals surface area (Å²) < 4.78 is 58.6. The standard InChI is InChI=1S/C48H56N2O21/c1-10-36(51)62-23-46(24-63-37(52)11-2,25-64-38(53)12-3)21-61-22-47(26-65-39(54)13-4,27-66-40(55)14-5)31-71-45(60)50-35-20-34(19-18-33(35)9)49-44(59)70-32-48(28-67-41(56)15-6,29-68-42(57)16-7)30-69-43(58)17-8/h10-20H,1-8,21-32H2,9H3,(H,49,59)(H,50,60). The van der Waals surface area contributed by atoms with Gasteiger partial charge in [-0.15, -0.1) is 0 Å². The van der Waals surface area contributed by atoms with Crippen molar-refractivity contribution in [2.75, 3.05) is 89.9 Å². The van der Waals surface area contributed by atoms with E-state index in [1.807, 2.05) is 0 Å². The average molecular weight is 997 g/mol. The Morgan fingerprint density at radius 1 is 0.380 bits per heavy atom. The predicted molar refractivity (Wildman–Crippen MR) is 248 cm³/mol. The van der Waals surface area contributed by atoms with E-state index in [0.29, 0.717) is 5.56 Å². The molecule has 0 saturated heterocycles. The van der Waals surface area contributed by atoms with Crippen molar-refractivity contribution < 1.29 is 100 Å². The van der Waals surface area contributed by atoms with Crippen LogP contribution in [0.4, 0.5) is 21.0 Å². The second-order valence-electron chi connectivity index (χ2n) is 14.9. The number of aryl methyl sites for hydroxylation is 1. The van der Waals surface area contributed by atoms with E-state index in [1.54, 1.807) is 6.92 Å². The molecule has 1 aromatic rings. The molecule has 71 heavy (non-hydrogen) atoms. The minimum Gasteiger partial charge on any atom is -0.462 e. The molecular weight excluding hydrogens is 941 g/mol. The maximum absolute atomic E-state index is 13.5. The van der Waals surface area contributed by atoms with Gasteiger partial charge < -0.3 is 52.1 Å². The summed E-state index contributed by atoms with van der Waals surface area (Å²) in [4.78, 5) is 124. The molecule has 0 radical (unpaired) electrons. The summed E-state index contributed by atoms with van der Waals surface area (Å²) in [5.74, 6) is -7.30. The van der Waals surface area contributed by atoms with E-state index in [9.17, 15) is 47.9 Å². The lowest BCUT2D eigenvalue weighted by atomic mass is 9.90. The first-order valence-electron chi connectivity index (χ1n) is 20.6. The molecule has 0 bridgehead atoms. The molecule has 0 aromatic heterocycles. The largest absolute Gasteiger partial charge is 0.462 e. The second-order valence-corrected chi connectivity index (χ2v) is 14.9. The zero-order valence-corrected chi connectivity index (χ0v) is 39.1. The molecular formula is C48H56N2O21. The van der Waals surface area contributed by atoms with Crippen LogP contribution in [0.2, 0.25) is 0 Å². The fourth-order valence-electron chi connectivity index (χ4n) is 5.07. The van der Waals surface area contributed by atoms with Crippen molar-refractivity contribution in [2.45, 2.75) is 6.92 Å². The van der Waals surface area contributed by atoms with Gasteiger partial charge in [-0.05, 0) is 24.6 Å². The number of esters is 8. The van der Waals surface area contributed by atoms with Gasteiger partial charge in [-0.3, -0.25) is 10.6 Å². The maximum Gasteiger partial charge on any atom is 0.411 e. The maximum atomic E-state index is 13.5. The molecule has 0 fully saturated rings. The third-order valence-electron chi connectivity index (χ3n) is 9.05. The van der Waals surface area contributed by atoms with Gasteiger partial charge in [0.1, 0.15) is 71.5 Å². The van der Waals surface area contributed by atoms with Crippen LogP contribution in [0.15, 0.2) is 119 Å². The van der Waals surface area contributed by atoms with E-state index in [0.717, 1.165) is 48.6 Å². The summed E-state index contributed by atoms with van der Waals surface area (Å²) in [6.07, 6.45) is 4.48. The number of nitrogens with one attached hydrogen (secondary N) is 2. The first-order chi connectivity index (χ1) is 33.7. The third-order valence-corrected chi connectivity index (χ3v) is 9.05. The summed E-state index contributed by atoms with van der Waals surface area (Å²) in [6.45, 7) is 20.9. The number of ether oxygens (including phenoxy) is 11. The zero-order chi connectivity index (χ0) is 53.5. The van der Waals surface area contributed by atoms with Crippen molar-refractivity contribution in [1.29, 1.82) is 0 Å². The van der Waals surface area contributed by atoms with Crippen molar-refractivity contribution in [3.05, 3.63) is 125 Å². The van der Waals surface area contributed by atoms with Crippen LogP contribution in [0, 0.1) is 23.2 Å². The number of hydrogen-bond acceptors (Lipinski definition) is 21. The highest BCUT2D eigenvalue weighted by atomic mass is 16.6. The number of carbonyl (C=O) groups is 10.